The fourth-order valence-corrected chi connectivity index (χ4v) is 10.1. The van der Waals surface area contributed by atoms with Crippen LogP contribution in [0.4, 0.5) is 17.3 Å². The molecule has 2 aliphatic rings. The first-order chi connectivity index (χ1) is 24.8. The maximum Gasteiger partial charge on any atom is 0.238 e. The number of pyridine rings is 1. The summed E-state index contributed by atoms with van der Waals surface area (Å²) >= 11 is 3.67. The molecule has 0 saturated heterocycles. The molecule has 0 unspecified atom stereocenters. The summed E-state index contributed by atoms with van der Waals surface area (Å²) in [6.45, 7) is 0. The van der Waals surface area contributed by atoms with E-state index in [4.69, 9.17) is 15.0 Å². The van der Waals surface area contributed by atoms with Gasteiger partial charge in [0.2, 0.25) is 5.95 Å². The van der Waals surface area contributed by atoms with Crippen molar-refractivity contribution in [2.75, 3.05) is 4.90 Å². The van der Waals surface area contributed by atoms with Crippen LogP contribution in [0, 0.1) is 0 Å². The van der Waals surface area contributed by atoms with Gasteiger partial charge in [0.25, 0.3) is 0 Å². The van der Waals surface area contributed by atoms with Crippen molar-refractivity contribution in [1.29, 1.82) is 0 Å². The molecule has 11 rings (SSSR count). The van der Waals surface area contributed by atoms with Gasteiger partial charge in [0, 0.05) is 21.5 Å². The van der Waals surface area contributed by atoms with Crippen molar-refractivity contribution >= 4 is 61.5 Å². The van der Waals surface area contributed by atoms with Crippen LogP contribution in [0.3, 0.4) is 0 Å². The number of fused-ring (bicyclic) bond motifs is 11. The highest BCUT2D eigenvalue weighted by Gasteiger charge is 2.53. The van der Waals surface area contributed by atoms with Gasteiger partial charge in [-0.25, -0.2) is 4.98 Å². The first-order valence-corrected chi connectivity index (χ1v) is 18.3. The molecule has 5 aromatic carbocycles. The quantitative estimate of drug-likeness (QED) is 0.187. The van der Waals surface area contributed by atoms with Crippen molar-refractivity contribution in [2.45, 2.75) is 5.41 Å². The second kappa shape index (κ2) is 10.5. The maximum atomic E-state index is 5.27. The van der Waals surface area contributed by atoms with Crippen LogP contribution in [0.15, 0.2) is 150 Å². The Morgan fingerprint density at radius 2 is 1.02 bits per heavy atom. The van der Waals surface area contributed by atoms with Crippen LogP contribution in [0.5, 0.6) is 0 Å². The Labute approximate surface area is 295 Å². The normalized spacial score (nSPS) is 13.7. The number of hydrogen-bond donors (Lipinski definition) is 0. The summed E-state index contributed by atoms with van der Waals surface area (Å²) in [5, 5.41) is 9.22. The monoisotopic (exact) mass is 675 g/mol. The summed E-state index contributed by atoms with van der Waals surface area (Å²) in [4.78, 5) is 25.1. The largest absolute Gasteiger partial charge is 0.278 e. The summed E-state index contributed by atoms with van der Waals surface area (Å²) in [5.41, 5.74) is 8.33. The molecule has 7 heteroatoms. The number of thiophene rings is 2. The lowest BCUT2D eigenvalue weighted by Gasteiger charge is -2.44. The predicted molar refractivity (Wildman–Crippen MR) is 205 cm³/mol. The molecule has 50 heavy (non-hydrogen) atoms. The second-order valence-electron chi connectivity index (χ2n) is 12.7. The van der Waals surface area contributed by atoms with Crippen molar-refractivity contribution in [2.24, 2.45) is 0 Å². The standard InChI is InChI=1S/C43H25N5S2/c1-2-10-26(11-3-1)40-45-41(35-16-8-9-19-44-35)47-42(46-40)48-36-24-29-14-6-4-12-27(29)22-33(36)43(31-17-20-49-38(31)39-32(43)18-21-50-39)34-23-28-13-5-7-15-30(28)25-37(34)48/h1-25H. The zero-order valence-corrected chi connectivity index (χ0v) is 28.1. The van der Waals surface area contributed by atoms with E-state index in [1.807, 2.05) is 71.2 Å². The Bertz CT molecular complexity index is 2600. The van der Waals surface area contributed by atoms with Gasteiger partial charge < -0.3 is 0 Å². The van der Waals surface area contributed by atoms with Gasteiger partial charge in [0.1, 0.15) is 5.69 Å². The molecule has 5 nitrogen and oxygen atoms in total. The van der Waals surface area contributed by atoms with Crippen LogP contribution in [0.2, 0.25) is 0 Å². The Kier molecular flexibility index (Phi) is 5.85. The van der Waals surface area contributed by atoms with Gasteiger partial charge in [-0.2, -0.15) is 9.97 Å². The minimum atomic E-state index is -0.515. The minimum Gasteiger partial charge on any atom is -0.278 e. The molecule has 1 aliphatic carbocycles. The zero-order chi connectivity index (χ0) is 32.8. The van der Waals surface area contributed by atoms with Crippen molar-refractivity contribution in [3.8, 4) is 32.7 Å². The number of benzene rings is 5. The van der Waals surface area contributed by atoms with Crippen molar-refractivity contribution < 1.29 is 0 Å². The molecule has 0 amide bonds. The molecule has 9 aromatic rings. The molecule has 0 atom stereocenters. The average Bonchev–Trinajstić information content (AvgIpc) is 3.91. The number of hydrogen-bond acceptors (Lipinski definition) is 7. The van der Waals surface area contributed by atoms with Crippen LogP contribution in [-0.2, 0) is 5.41 Å². The lowest BCUT2D eigenvalue weighted by molar-refractivity contribution is 0.755. The van der Waals surface area contributed by atoms with E-state index in [2.05, 4.69) is 106 Å². The van der Waals surface area contributed by atoms with Gasteiger partial charge in [-0.15, -0.1) is 22.7 Å². The highest BCUT2D eigenvalue weighted by molar-refractivity contribution is 7.21. The summed E-state index contributed by atoms with van der Waals surface area (Å²) in [5.74, 6) is 1.68. The summed E-state index contributed by atoms with van der Waals surface area (Å²) in [6, 6.07) is 47.4. The number of anilines is 3. The van der Waals surface area contributed by atoms with Crippen LogP contribution in [-0.4, -0.2) is 19.9 Å². The van der Waals surface area contributed by atoms with E-state index in [1.165, 1.54) is 42.8 Å². The maximum absolute atomic E-state index is 5.27. The molecule has 0 radical (unpaired) electrons. The van der Waals surface area contributed by atoms with E-state index in [0.717, 1.165) is 27.7 Å². The van der Waals surface area contributed by atoms with Gasteiger partial charge in [-0.05, 0) is 103 Å². The van der Waals surface area contributed by atoms with Gasteiger partial charge >= 0.3 is 0 Å². The van der Waals surface area contributed by atoms with Gasteiger partial charge in [0.05, 0.1) is 16.8 Å². The van der Waals surface area contributed by atoms with Crippen molar-refractivity contribution in [3.63, 3.8) is 0 Å². The third-order valence-corrected chi connectivity index (χ3v) is 12.1. The Hall–Kier alpha value is -6.02. The molecule has 0 saturated carbocycles. The first kappa shape index (κ1) is 27.9. The first-order valence-electron chi connectivity index (χ1n) is 16.5. The fourth-order valence-electron chi connectivity index (χ4n) is 7.99. The topological polar surface area (TPSA) is 54.8 Å². The molecular formula is C43H25N5S2. The third kappa shape index (κ3) is 3.81. The highest BCUT2D eigenvalue weighted by atomic mass is 32.1. The molecule has 5 heterocycles. The molecular weight excluding hydrogens is 651 g/mol. The second-order valence-corrected chi connectivity index (χ2v) is 14.5. The van der Waals surface area contributed by atoms with E-state index in [9.17, 15) is 0 Å². The molecule has 234 valence electrons. The summed E-state index contributed by atoms with van der Waals surface area (Å²) in [6.07, 6.45) is 1.78. The van der Waals surface area contributed by atoms with E-state index in [1.54, 1.807) is 6.20 Å². The lowest BCUT2D eigenvalue weighted by atomic mass is 9.65. The van der Waals surface area contributed by atoms with Crippen molar-refractivity contribution in [3.05, 3.63) is 173 Å². The Balaban J connectivity index is 1.30. The van der Waals surface area contributed by atoms with E-state index >= 15 is 0 Å². The minimum absolute atomic E-state index is 0.515. The number of rotatable bonds is 3. The molecule has 0 N–H and O–H groups in total. The average molecular weight is 676 g/mol. The zero-order valence-electron chi connectivity index (χ0n) is 26.5. The molecule has 1 aliphatic heterocycles. The molecule has 0 fully saturated rings. The summed E-state index contributed by atoms with van der Waals surface area (Å²) < 4.78 is 0. The lowest BCUT2D eigenvalue weighted by Crippen LogP contribution is -2.36. The predicted octanol–water partition coefficient (Wildman–Crippen LogP) is 11.2. The van der Waals surface area contributed by atoms with Crippen LogP contribution >= 0.6 is 22.7 Å². The molecule has 4 aromatic heterocycles. The van der Waals surface area contributed by atoms with Crippen LogP contribution in [0.25, 0.3) is 54.2 Å². The van der Waals surface area contributed by atoms with Crippen LogP contribution < -0.4 is 4.90 Å². The van der Waals surface area contributed by atoms with E-state index in [0.29, 0.717) is 23.3 Å². The Morgan fingerprint density at radius 1 is 0.480 bits per heavy atom. The summed E-state index contributed by atoms with van der Waals surface area (Å²) in [7, 11) is 0. The molecule has 1 spiro atoms. The fraction of sp³-hybridized carbons (Fsp3) is 0.0233. The van der Waals surface area contributed by atoms with Crippen LogP contribution in [0.1, 0.15) is 22.3 Å². The van der Waals surface area contributed by atoms with E-state index < -0.39 is 5.41 Å². The van der Waals surface area contributed by atoms with E-state index in [-0.39, 0.29) is 0 Å². The number of nitrogens with zero attached hydrogens (tertiary/aromatic N) is 5. The van der Waals surface area contributed by atoms with Gasteiger partial charge in [-0.1, -0.05) is 84.9 Å². The van der Waals surface area contributed by atoms with Gasteiger partial charge in [-0.3, -0.25) is 9.88 Å². The van der Waals surface area contributed by atoms with Crippen molar-refractivity contribution in [1.82, 2.24) is 19.9 Å². The smallest absolute Gasteiger partial charge is 0.238 e. The highest BCUT2D eigenvalue weighted by Crippen LogP contribution is 2.66. The molecule has 0 bridgehead atoms. The van der Waals surface area contributed by atoms with Gasteiger partial charge in [0.15, 0.2) is 11.6 Å². The number of aromatic nitrogens is 4. The SMILES string of the molecule is c1ccc(-c2nc(-c3ccccn3)nc(N3c4cc5ccccc5cc4C4(c5cc6ccccc6cc53)c3ccsc3-c3sccc34)n2)cc1. The third-order valence-electron chi connectivity index (χ3n) is 10.1. The Morgan fingerprint density at radius 3 is 1.60 bits per heavy atom.